The van der Waals surface area contributed by atoms with E-state index in [0.717, 1.165) is 50.5 Å². The first-order valence-electron chi connectivity index (χ1n) is 14.6. The number of rotatable bonds is 14. The van der Waals surface area contributed by atoms with Crippen molar-refractivity contribution in [2.75, 3.05) is 6.54 Å². The Balaban J connectivity index is 1.47. The standard InChI is InChI=1S/C32H44N4O3/c33-20-8-7-13-27(32(39)36-29-25-18-16-24(17-19-25)28(29)30(34)37)35-31(38)26(21-23-11-5-2-6-12-23)15-14-22-9-3-1-4-10-22/h1-6,9-12,24-29H,7-8,13-21,33H2,(H2,34,37)(H,35,38)(H,36,39)/t24?,25?,26?,27-,28?,29?/m0/s1. The molecule has 0 saturated heterocycles. The van der Waals surface area contributed by atoms with Gasteiger partial charge < -0.3 is 22.1 Å². The van der Waals surface area contributed by atoms with Crippen LogP contribution >= 0.6 is 0 Å². The maximum atomic E-state index is 13.7. The summed E-state index contributed by atoms with van der Waals surface area (Å²) in [6.07, 6.45) is 8.06. The molecule has 5 rings (SSSR count). The van der Waals surface area contributed by atoms with Gasteiger partial charge in [0.2, 0.25) is 17.7 Å². The van der Waals surface area contributed by atoms with Gasteiger partial charge in [-0.05, 0) is 93.7 Å². The molecule has 3 fully saturated rings. The number of carbonyl (C=O) groups excluding carboxylic acids is 3. The number of hydrogen-bond donors (Lipinski definition) is 4. The molecule has 7 nitrogen and oxygen atoms in total. The molecule has 39 heavy (non-hydrogen) atoms. The van der Waals surface area contributed by atoms with Crippen LogP contribution in [0.2, 0.25) is 0 Å². The summed E-state index contributed by atoms with van der Waals surface area (Å²) in [7, 11) is 0. The van der Waals surface area contributed by atoms with Crippen molar-refractivity contribution in [3.8, 4) is 0 Å². The number of fused-ring (bicyclic) bond motifs is 3. The summed E-state index contributed by atoms with van der Waals surface area (Å²) >= 11 is 0. The minimum atomic E-state index is -0.673. The fourth-order valence-corrected chi connectivity index (χ4v) is 6.59. The number of nitrogens with two attached hydrogens (primary N) is 2. The van der Waals surface area contributed by atoms with Crippen molar-refractivity contribution >= 4 is 17.7 Å². The number of aryl methyl sites for hydroxylation is 1. The first-order valence-corrected chi connectivity index (χ1v) is 14.6. The van der Waals surface area contributed by atoms with Crippen molar-refractivity contribution in [1.29, 1.82) is 0 Å². The predicted molar refractivity (Wildman–Crippen MR) is 153 cm³/mol. The monoisotopic (exact) mass is 532 g/mol. The zero-order valence-corrected chi connectivity index (χ0v) is 22.9. The zero-order chi connectivity index (χ0) is 27.6. The van der Waals surface area contributed by atoms with Crippen LogP contribution in [0.15, 0.2) is 60.7 Å². The molecule has 3 amide bonds. The second kappa shape index (κ2) is 14.3. The van der Waals surface area contributed by atoms with Gasteiger partial charge in [0.05, 0.1) is 5.92 Å². The molecule has 3 aliphatic rings. The summed E-state index contributed by atoms with van der Waals surface area (Å²) in [4.78, 5) is 39.7. The van der Waals surface area contributed by atoms with Crippen molar-refractivity contribution < 1.29 is 14.4 Å². The van der Waals surface area contributed by atoms with Crippen LogP contribution in [0.25, 0.3) is 0 Å². The Labute approximate surface area is 232 Å². The third kappa shape index (κ3) is 7.91. The lowest BCUT2D eigenvalue weighted by Crippen LogP contribution is -2.60. The van der Waals surface area contributed by atoms with E-state index in [9.17, 15) is 14.4 Å². The van der Waals surface area contributed by atoms with Crippen molar-refractivity contribution in [2.24, 2.45) is 35.1 Å². The van der Waals surface area contributed by atoms with Crippen LogP contribution in [0.3, 0.4) is 0 Å². The first kappa shape index (κ1) is 28.8. The van der Waals surface area contributed by atoms with Crippen LogP contribution in [0.1, 0.15) is 62.5 Å². The molecular formula is C32H44N4O3. The highest BCUT2D eigenvalue weighted by Crippen LogP contribution is 2.45. The minimum Gasteiger partial charge on any atom is -0.369 e. The molecule has 3 aliphatic carbocycles. The summed E-state index contributed by atoms with van der Waals surface area (Å²) in [5, 5.41) is 6.28. The largest absolute Gasteiger partial charge is 0.369 e. The molecule has 0 spiro atoms. The van der Waals surface area contributed by atoms with Gasteiger partial charge >= 0.3 is 0 Å². The number of primary amides is 1. The van der Waals surface area contributed by atoms with Gasteiger partial charge in [-0.15, -0.1) is 0 Å². The molecule has 0 radical (unpaired) electrons. The van der Waals surface area contributed by atoms with E-state index >= 15 is 0 Å². The molecule has 210 valence electrons. The summed E-state index contributed by atoms with van der Waals surface area (Å²) in [5.74, 6) is -0.780. The molecule has 0 aromatic heterocycles. The Bertz CT molecular complexity index is 1070. The molecule has 2 aromatic carbocycles. The summed E-state index contributed by atoms with van der Waals surface area (Å²) in [5.41, 5.74) is 13.8. The number of carbonyl (C=O) groups is 3. The van der Waals surface area contributed by atoms with E-state index in [-0.39, 0.29) is 47.4 Å². The van der Waals surface area contributed by atoms with Crippen molar-refractivity contribution in [3.05, 3.63) is 71.8 Å². The number of benzene rings is 2. The molecule has 2 aromatic rings. The fourth-order valence-electron chi connectivity index (χ4n) is 6.59. The van der Waals surface area contributed by atoms with Crippen molar-refractivity contribution in [3.63, 3.8) is 0 Å². The topological polar surface area (TPSA) is 127 Å². The maximum Gasteiger partial charge on any atom is 0.242 e. The zero-order valence-electron chi connectivity index (χ0n) is 22.9. The summed E-state index contributed by atoms with van der Waals surface area (Å²) in [6, 6.07) is 19.2. The van der Waals surface area contributed by atoms with Crippen LogP contribution in [0, 0.1) is 23.7 Å². The van der Waals surface area contributed by atoms with Gasteiger partial charge in [-0.25, -0.2) is 0 Å². The molecule has 7 heteroatoms. The van der Waals surface area contributed by atoms with Gasteiger partial charge in [0.25, 0.3) is 0 Å². The quantitative estimate of drug-likeness (QED) is 0.278. The Morgan fingerprint density at radius 1 is 0.795 bits per heavy atom. The average Bonchev–Trinajstić information content (AvgIpc) is 2.96. The SMILES string of the molecule is NCCCC[C@H](NC(=O)C(CCc1ccccc1)Cc1ccccc1)C(=O)NC1C2CCC(CC2)C1C(N)=O. The fraction of sp³-hybridized carbons (Fsp3) is 0.531. The Hall–Kier alpha value is -3.19. The van der Waals surface area contributed by atoms with Crippen LogP contribution in [0.4, 0.5) is 0 Å². The second-order valence-corrected chi connectivity index (χ2v) is 11.4. The molecule has 6 N–H and O–H groups in total. The third-order valence-electron chi connectivity index (χ3n) is 8.76. The minimum absolute atomic E-state index is 0.112. The lowest BCUT2D eigenvalue weighted by molar-refractivity contribution is -0.135. The van der Waals surface area contributed by atoms with Gasteiger partial charge in [0.15, 0.2) is 0 Å². The molecular weight excluding hydrogens is 488 g/mol. The molecule has 4 atom stereocenters. The Kier molecular flexibility index (Phi) is 10.5. The lowest BCUT2D eigenvalue weighted by Gasteiger charge is -2.47. The normalized spacial score (nSPS) is 23.5. The van der Waals surface area contributed by atoms with E-state index in [1.54, 1.807) is 0 Å². The predicted octanol–water partition coefficient (Wildman–Crippen LogP) is 3.50. The van der Waals surface area contributed by atoms with Crippen LogP contribution < -0.4 is 22.1 Å². The first-order chi connectivity index (χ1) is 19.0. The lowest BCUT2D eigenvalue weighted by atomic mass is 9.61. The van der Waals surface area contributed by atoms with Gasteiger partial charge in [-0.1, -0.05) is 60.7 Å². The van der Waals surface area contributed by atoms with Crippen LogP contribution in [0.5, 0.6) is 0 Å². The van der Waals surface area contributed by atoms with Crippen molar-refractivity contribution in [2.45, 2.75) is 76.3 Å². The highest BCUT2D eigenvalue weighted by Gasteiger charge is 2.47. The van der Waals surface area contributed by atoms with Gasteiger partial charge in [0, 0.05) is 12.0 Å². The second-order valence-electron chi connectivity index (χ2n) is 11.4. The Morgan fingerprint density at radius 3 is 2.03 bits per heavy atom. The van der Waals surface area contributed by atoms with E-state index in [4.69, 9.17) is 11.5 Å². The van der Waals surface area contributed by atoms with Crippen LogP contribution in [-0.2, 0) is 27.2 Å². The van der Waals surface area contributed by atoms with E-state index in [2.05, 4.69) is 22.8 Å². The highest BCUT2D eigenvalue weighted by molar-refractivity contribution is 5.89. The van der Waals surface area contributed by atoms with E-state index in [1.165, 1.54) is 5.56 Å². The number of amides is 3. The Morgan fingerprint density at radius 2 is 1.41 bits per heavy atom. The average molecular weight is 533 g/mol. The summed E-state index contributed by atoms with van der Waals surface area (Å²) in [6.45, 7) is 0.534. The maximum absolute atomic E-state index is 13.7. The third-order valence-corrected chi connectivity index (χ3v) is 8.76. The number of unbranched alkanes of at least 4 members (excludes halogenated alkanes) is 1. The number of hydrogen-bond acceptors (Lipinski definition) is 4. The van der Waals surface area contributed by atoms with Crippen molar-refractivity contribution in [1.82, 2.24) is 10.6 Å². The molecule has 2 bridgehead atoms. The molecule has 3 saturated carbocycles. The molecule has 0 aliphatic heterocycles. The smallest absolute Gasteiger partial charge is 0.242 e. The number of nitrogens with one attached hydrogen (secondary N) is 2. The summed E-state index contributed by atoms with van der Waals surface area (Å²) < 4.78 is 0. The van der Waals surface area contributed by atoms with Gasteiger partial charge in [0.1, 0.15) is 6.04 Å². The van der Waals surface area contributed by atoms with Crippen LogP contribution in [-0.4, -0.2) is 36.3 Å². The van der Waals surface area contributed by atoms with E-state index < -0.39 is 6.04 Å². The van der Waals surface area contributed by atoms with E-state index in [0.29, 0.717) is 25.8 Å². The van der Waals surface area contributed by atoms with Gasteiger partial charge in [-0.3, -0.25) is 14.4 Å². The van der Waals surface area contributed by atoms with Gasteiger partial charge in [-0.2, -0.15) is 0 Å². The highest BCUT2D eigenvalue weighted by atomic mass is 16.2. The van der Waals surface area contributed by atoms with E-state index in [1.807, 2.05) is 48.5 Å². The molecule has 0 heterocycles. The molecule has 3 unspecified atom stereocenters.